The van der Waals surface area contributed by atoms with E-state index in [2.05, 4.69) is 5.32 Å². The molecule has 1 amide bonds. The molecule has 0 spiro atoms. The van der Waals surface area contributed by atoms with Gasteiger partial charge in [-0.1, -0.05) is 103 Å². The summed E-state index contributed by atoms with van der Waals surface area (Å²) in [6.45, 7) is 3.20. The van der Waals surface area contributed by atoms with Crippen LogP contribution < -0.4 is 16.8 Å². The van der Waals surface area contributed by atoms with Crippen molar-refractivity contribution in [2.24, 2.45) is 29.2 Å². The molecule has 2 unspecified atom stereocenters. The first-order chi connectivity index (χ1) is 20.7. The number of benzene rings is 3. The maximum atomic E-state index is 15.4. The van der Waals surface area contributed by atoms with Gasteiger partial charge in [0.2, 0.25) is 5.78 Å². The molecule has 4 atom stereocenters. The first kappa shape index (κ1) is 36.2. The van der Waals surface area contributed by atoms with Gasteiger partial charge < -0.3 is 16.8 Å². The Balaban J connectivity index is 1.83. The van der Waals surface area contributed by atoms with Crippen molar-refractivity contribution in [2.45, 2.75) is 57.5 Å². The number of hydrogen-bond acceptors (Lipinski definition) is 4. The average Bonchev–Trinajstić information content (AvgIpc) is 2.98. The number of Topliss-reactive ketones (excluding diaryl/α,β-unsaturated/α-hetero) is 1. The second-order valence-electron chi connectivity index (χ2n) is 11.3. The number of hydrogen-bond donors (Lipinski definition) is 3. The molecule has 0 bridgehead atoms. The zero-order valence-corrected chi connectivity index (χ0v) is 27.5. The van der Waals surface area contributed by atoms with Crippen LogP contribution in [0.3, 0.4) is 0 Å². The number of alkyl halides is 2. The molecule has 0 radical (unpaired) electrons. The van der Waals surface area contributed by atoms with Crippen molar-refractivity contribution in [3.05, 3.63) is 104 Å². The molecule has 3 aromatic carbocycles. The molecule has 44 heavy (non-hydrogen) atoms. The minimum Gasteiger partial charge on any atom is -0.350 e. The summed E-state index contributed by atoms with van der Waals surface area (Å²) >= 11 is 24.6. The molecule has 3 aromatic rings. The summed E-state index contributed by atoms with van der Waals surface area (Å²) in [5, 5.41) is 3.70. The van der Waals surface area contributed by atoms with Crippen LogP contribution in [0.4, 0.5) is 8.78 Å². The van der Waals surface area contributed by atoms with Crippen LogP contribution >= 0.6 is 46.4 Å². The Morgan fingerprint density at radius 3 is 1.93 bits per heavy atom. The number of nitrogens with one attached hydrogen (secondary N) is 1. The minimum atomic E-state index is -4.29. The molecule has 0 aliphatic rings. The molecule has 238 valence electrons. The van der Waals surface area contributed by atoms with Gasteiger partial charge in [-0.3, -0.25) is 9.59 Å². The van der Waals surface area contributed by atoms with E-state index in [1.165, 1.54) is 0 Å². The van der Waals surface area contributed by atoms with E-state index in [1.54, 1.807) is 44.2 Å². The minimum absolute atomic E-state index is 0.0519. The number of carbonyl (C=O) groups excluding carboxylic acids is 2. The van der Waals surface area contributed by atoms with Crippen molar-refractivity contribution >= 4 is 58.1 Å². The van der Waals surface area contributed by atoms with Crippen LogP contribution in [0.5, 0.6) is 0 Å². The van der Waals surface area contributed by atoms with Gasteiger partial charge in [0, 0.05) is 24.5 Å². The molecule has 0 saturated carbocycles. The van der Waals surface area contributed by atoms with Crippen LogP contribution in [0.25, 0.3) is 0 Å². The van der Waals surface area contributed by atoms with E-state index in [0.717, 1.165) is 16.7 Å². The van der Waals surface area contributed by atoms with E-state index in [4.69, 9.17) is 57.9 Å². The van der Waals surface area contributed by atoms with Gasteiger partial charge >= 0.3 is 5.92 Å². The van der Waals surface area contributed by atoms with Crippen molar-refractivity contribution in [1.82, 2.24) is 5.32 Å². The molecule has 0 aliphatic heterocycles. The molecule has 0 aromatic heterocycles. The van der Waals surface area contributed by atoms with Crippen molar-refractivity contribution in [2.75, 3.05) is 6.54 Å². The van der Waals surface area contributed by atoms with E-state index >= 15 is 8.78 Å². The Morgan fingerprint density at radius 1 is 0.795 bits per heavy atom. The van der Waals surface area contributed by atoms with E-state index in [1.807, 2.05) is 36.4 Å². The first-order valence-corrected chi connectivity index (χ1v) is 15.9. The zero-order chi connectivity index (χ0) is 32.6. The quantitative estimate of drug-likeness (QED) is 0.144. The highest BCUT2D eigenvalue weighted by Crippen LogP contribution is 2.33. The Bertz CT molecular complexity index is 1430. The van der Waals surface area contributed by atoms with E-state index < -0.39 is 47.5 Å². The molecular formula is C33H37Cl4F2N3O2. The van der Waals surface area contributed by atoms with Crippen LogP contribution in [0, 0.1) is 17.8 Å². The van der Waals surface area contributed by atoms with E-state index in [-0.39, 0.29) is 13.0 Å². The van der Waals surface area contributed by atoms with Gasteiger partial charge in [0.25, 0.3) is 5.91 Å². The van der Waals surface area contributed by atoms with Crippen LogP contribution in [-0.2, 0) is 28.9 Å². The lowest BCUT2D eigenvalue weighted by Crippen LogP contribution is -2.57. The van der Waals surface area contributed by atoms with Crippen LogP contribution in [-0.4, -0.2) is 36.2 Å². The second-order valence-corrected chi connectivity index (χ2v) is 13.0. The first-order valence-electron chi connectivity index (χ1n) is 14.4. The standard InChI is InChI=1S/C33H37Cl4F2N3O2/c1-19(2)29(31(43)33(38,39)32(44)42-15-14-20-6-4-3-5-7-20)30(41)23(16-22-9-12-25(35)27(37)18-22)28(40)13-10-21-8-11-24(34)26(36)17-21/h3-9,11-12,17-19,23,28-30H,10,13-16,40-41H2,1-2H3,(H,42,44)/t23-,28?,29-,30?/m0/s1. The average molecular weight is 687 g/mol. The summed E-state index contributed by atoms with van der Waals surface area (Å²) in [7, 11) is 0. The van der Waals surface area contributed by atoms with Gasteiger partial charge in [0.05, 0.1) is 20.1 Å². The third-order valence-corrected chi connectivity index (χ3v) is 9.30. The predicted molar refractivity (Wildman–Crippen MR) is 176 cm³/mol. The lowest BCUT2D eigenvalue weighted by Gasteiger charge is -2.37. The molecule has 3 rings (SSSR count). The fourth-order valence-electron chi connectivity index (χ4n) is 5.34. The molecule has 0 fully saturated rings. The maximum Gasteiger partial charge on any atom is 0.381 e. The third-order valence-electron chi connectivity index (χ3n) is 7.82. The molecule has 5 nitrogen and oxygen atoms in total. The molecule has 0 aliphatic carbocycles. The smallest absolute Gasteiger partial charge is 0.350 e. The summed E-state index contributed by atoms with van der Waals surface area (Å²) < 4.78 is 30.9. The van der Waals surface area contributed by atoms with Crippen LogP contribution in [0.2, 0.25) is 20.1 Å². The van der Waals surface area contributed by atoms with Gasteiger partial charge in [-0.2, -0.15) is 8.78 Å². The largest absolute Gasteiger partial charge is 0.381 e. The van der Waals surface area contributed by atoms with Gasteiger partial charge in [-0.05, 0) is 78.5 Å². The summed E-state index contributed by atoms with van der Waals surface area (Å²) in [6.07, 6.45) is 1.49. The SMILES string of the molecule is CC(C)[C@H](C(=O)C(F)(F)C(=O)NCCc1ccccc1)C(N)[C@@H](Cc1ccc(Cl)c(Cl)c1)C(N)CCc1ccc(Cl)c(Cl)c1. The normalized spacial score (nSPS) is 14.6. The van der Waals surface area contributed by atoms with Crippen molar-refractivity contribution in [3.63, 3.8) is 0 Å². The Labute approximate surface area is 277 Å². The highest BCUT2D eigenvalue weighted by Gasteiger charge is 2.53. The topological polar surface area (TPSA) is 98.2 Å². The monoisotopic (exact) mass is 685 g/mol. The molecule has 11 heteroatoms. The highest BCUT2D eigenvalue weighted by atomic mass is 35.5. The number of amides is 1. The summed E-state index contributed by atoms with van der Waals surface area (Å²) in [6, 6.07) is 17.7. The number of aryl methyl sites for hydroxylation is 1. The van der Waals surface area contributed by atoms with Gasteiger partial charge in [-0.15, -0.1) is 0 Å². The number of carbonyl (C=O) groups is 2. The maximum absolute atomic E-state index is 15.4. The number of nitrogens with two attached hydrogens (primary N) is 2. The third kappa shape index (κ3) is 9.62. The molecule has 0 saturated heterocycles. The van der Waals surface area contributed by atoms with Gasteiger partial charge in [0.1, 0.15) is 0 Å². The molecular weight excluding hydrogens is 650 g/mol. The second kappa shape index (κ2) is 16.3. The van der Waals surface area contributed by atoms with Crippen molar-refractivity contribution in [3.8, 4) is 0 Å². The van der Waals surface area contributed by atoms with Crippen LogP contribution in [0.15, 0.2) is 66.7 Å². The predicted octanol–water partition coefficient (Wildman–Crippen LogP) is 7.58. The number of ketones is 1. The fourth-order valence-corrected chi connectivity index (χ4v) is 5.98. The number of halogens is 6. The Kier molecular flexibility index (Phi) is 13.5. The molecule has 0 heterocycles. The summed E-state index contributed by atoms with van der Waals surface area (Å²) in [4.78, 5) is 26.1. The fraction of sp³-hybridized carbons (Fsp3) is 0.394. The highest BCUT2D eigenvalue weighted by molar-refractivity contribution is 6.42. The molecule has 5 N–H and O–H groups in total. The summed E-state index contributed by atoms with van der Waals surface area (Å²) in [5.74, 6) is -10.1. The zero-order valence-electron chi connectivity index (χ0n) is 24.5. The van der Waals surface area contributed by atoms with Gasteiger partial charge in [-0.25, -0.2) is 0 Å². The lowest BCUT2D eigenvalue weighted by atomic mass is 9.72. The van der Waals surface area contributed by atoms with E-state index in [9.17, 15) is 9.59 Å². The van der Waals surface area contributed by atoms with Crippen LogP contribution in [0.1, 0.15) is 37.0 Å². The van der Waals surface area contributed by atoms with Crippen molar-refractivity contribution in [1.29, 1.82) is 0 Å². The van der Waals surface area contributed by atoms with Gasteiger partial charge in [0.15, 0.2) is 0 Å². The van der Waals surface area contributed by atoms with Crippen molar-refractivity contribution < 1.29 is 18.4 Å². The lowest BCUT2D eigenvalue weighted by molar-refractivity contribution is -0.162. The van der Waals surface area contributed by atoms with E-state index in [0.29, 0.717) is 39.4 Å². The Morgan fingerprint density at radius 2 is 1.36 bits per heavy atom. The number of rotatable bonds is 15. The Hall–Kier alpha value is -2.26. The summed E-state index contributed by atoms with van der Waals surface area (Å²) in [5.41, 5.74) is 15.9.